The lowest BCUT2D eigenvalue weighted by Crippen LogP contribution is -2.54. The molecule has 0 bridgehead atoms. The van der Waals surface area contributed by atoms with E-state index in [9.17, 15) is 14.1 Å². The molecule has 1 unspecified atom stereocenters. The molecule has 2 heterocycles. The first-order valence-corrected chi connectivity index (χ1v) is 6.87. The number of ether oxygens (including phenoxy) is 1. The number of hydrogen-bond acceptors (Lipinski definition) is 4. The second-order valence-corrected chi connectivity index (χ2v) is 5.59. The molecule has 2 rings (SSSR count). The van der Waals surface area contributed by atoms with E-state index in [0.717, 1.165) is 4.31 Å². The van der Waals surface area contributed by atoms with Crippen molar-refractivity contribution >= 4 is 34.9 Å². The van der Waals surface area contributed by atoms with Crippen molar-refractivity contribution < 1.29 is 18.9 Å². The third kappa shape index (κ3) is 2.28. The van der Waals surface area contributed by atoms with E-state index in [1.54, 1.807) is 0 Å². The van der Waals surface area contributed by atoms with Crippen LogP contribution in [0.4, 0.5) is 4.79 Å². The van der Waals surface area contributed by atoms with Gasteiger partial charge in [-0.15, -0.1) is 15.9 Å². The number of amides is 3. The van der Waals surface area contributed by atoms with Crippen molar-refractivity contribution in [2.45, 2.75) is 0 Å². The fraction of sp³-hybridized carbons (Fsp3) is 0.556. The Morgan fingerprint density at radius 1 is 1.72 bits per heavy atom. The minimum Gasteiger partial charge on any atom is -0.588 e. The number of primary amides is 1. The highest BCUT2D eigenvalue weighted by Gasteiger charge is 2.44. The van der Waals surface area contributed by atoms with Gasteiger partial charge >= 0.3 is 6.03 Å². The smallest absolute Gasteiger partial charge is 0.363 e. The molecular formula is C9H12ClN3O4S. The fourth-order valence-corrected chi connectivity index (χ4v) is 3.35. The molecule has 3 N–H and O–H groups in total. The van der Waals surface area contributed by atoms with Gasteiger partial charge in [-0.3, -0.25) is 4.79 Å². The van der Waals surface area contributed by atoms with Crippen LogP contribution in [0.15, 0.2) is 10.6 Å². The first-order chi connectivity index (χ1) is 8.56. The number of nitrogens with one attached hydrogen (secondary N) is 1. The quantitative estimate of drug-likeness (QED) is 0.527. The molecule has 0 fully saturated rings. The van der Waals surface area contributed by atoms with Crippen molar-refractivity contribution in [3.8, 4) is 0 Å². The number of halogens is 1. The summed E-state index contributed by atoms with van der Waals surface area (Å²) in [5.41, 5.74) is 5.53. The molecule has 0 aromatic carbocycles. The molecule has 0 aromatic rings. The number of nitrogens with zero attached hydrogens (tertiary/aromatic N) is 1. The second kappa shape index (κ2) is 5.35. The first-order valence-electron chi connectivity index (χ1n) is 5.22. The van der Waals surface area contributed by atoms with Crippen molar-refractivity contribution in [2.75, 3.05) is 25.6 Å². The van der Waals surface area contributed by atoms with Crippen LogP contribution in [0.3, 0.4) is 0 Å². The fourth-order valence-electron chi connectivity index (χ4n) is 1.80. The molecule has 0 aliphatic carbocycles. The number of rotatable bonds is 3. The largest absolute Gasteiger partial charge is 0.588 e. The Balaban J connectivity index is 2.32. The van der Waals surface area contributed by atoms with Crippen molar-refractivity contribution in [2.24, 2.45) is 11.7 Å². The Morgan fingerprint density at radius 2 is 2.44 bits per heavy atom. The molecule has 0 saturated heterocycles. The second-order valence-electron chi connectivity index (χ2n) is 3.78. The Kier molecular flexibility index (Phi) is 4.00. The van der Waals surface area contributed by atoms with Gasteiger partial charge in [-0.05, 0) is 0 Å². The first kappa shape index (κ1) is 13.5. The molecule has 2 atom stereocenters. The van der Waals surface area contributed by atoms with E-state index >= 15 is 0 Å². The number of nitrogens with two attached hydrogens (primary N) is 1. The Morgan fingerprint density at radius 3 is 3.06 bits per heavy atom. The van der Waals surface area contributed by atoms with Gasteiger partial charge in [0.2, 0.25) is 10.8 Å². The summed E-state index contributed by atoms with van der Waals surface area (Å²) in [6, 6.07) is -0.541. The van der Waals surface area contributed by atoms with Crippen molar-refractivity contribution in [1.29, 1.82) is 0 Å². The number of carbonyl (C=O) groups excluding carboxylic acids is 2. The summed E-state index contributed by atoms with van der Waals surface area (Å²) in [6.07, 6.45) is 0. The van der Waals surface area contributed by atoms with Crippen LogP contribution in [0.25, 0.3) is 0 Å². The van der Waals surface area contributed by atoms with Gasteiger partial charge in [-0.1, -0.05) is 0 Å². The Bertz CT molecular complexity index is 417. The van der Waals surface area contributed by atoms with Gasteiger partial charge in [0.25, 0.3) is 0 Å². The predicted octanol–water partition coefficient (Wildman–Crippen LogP) is -0.743. The zero-order valence-electron chi connectivity index (χ0n) is 9.35. The molecule has 9 heteroatoms. The Hall–Kier alpha value is -0.960. The van der Waals surface area contributed by atoms with Crippen molar-refractivity contribution in [3.05, 3.63) is 10.6 Å². The van der Waals surface area contributed by atoms with Crippen LogP contribution in [0.1, 0.15) is 0 Å². The lowest BCUT2D eigenvalue weighted by atomic mass is 10.0. The average Bonchev–Trinajstić information content (AvgIpc) is 2.33. The summed E-state index contributed by atoms with van der Waals surface area (Å²) in [4.78, 5) is 23.4. The maximum Gasteiger partial charge on any atom is 0.363 e. The maximum absolute atomic E-state index is 12.2. The average molecular weight is 294 g/mol. The number of hydrogen-bond donors (Lipinski definition) is 2. The Labute approximate surface area is 112 Å². The number of alkyl halides is 1. The maximum atomic E-state index is 12.2. The SMILES string of the molecule is NC(=O)[C@H]1COCC2=C1NC(=O)N(CCCl)[S+]2[O-]. The molecule has 18 heavy (non-hydrogen) atoms. The molecule has 2 aliphatic heterocycles. The minimum absolute atomic E-state index is 0.0845. The molecular weight excluding hydrogens is 282 g/mol. The van der Waals surface area contributed by atoms with Crippen LogP contribution >= 0.6 is 11.6 Å². The van der Waals surface area contributed by atoms with Gasteiger partial charge in [0.05, 0.1) is 18.8 Å². The van der Waals surface area contributed by atoms with E-state index in [1.807, 2.05) is 0 Å². The predicted molar refractivity (Wildman–Crippen MR) is 64.6 cm³/mol. The van der Waals surface area contributed by atoms with Gasteiger partial charge in [0.15, 0.2) is 0 Å². The third-order valence-electron chi connectivity index (χ3n) is 2.68. The number of carbonyl (C=O) groups is 2. The van der Waals surface area contributed by atoms with Gasteiger partial charge in [-0.2, -0.15) is 0 Å². The summed E-state index contributed by atoms with van der Waals surface area (Å²) < 4.78 is 18.4. The van der Waals surface area contributed by atoms with Gasteiger partial charge in [0.1, 0.15) is 23.9 Å². The van der Waals surface area contributed by atoms with Gasteiger partial charge < -0.3 is 20.3 Å². The van der Waals surface area contributed by atoms with Crippen LogP contribution in [0.5, 0.6) is 0 Å². The van der Waals surface area contributed by atoms with E-state index in [1.165, 1.54) is 0 Å². The lowest BCUT2D eigenvalue weighted by molar-refractivity contribution is -0.122. The van der Waals surface area contributed by atoms with Crippen LogP contribution in [-0.4, -0.2) is 46.4 Å². The molecule has 7 nitrogen and oxygen atoms in total. The summed E-state index contributed by atoms with van der Waals surface area (Å²) in [7, 11) is 0. The van der Waals surface area contributed by atoms with Gasteiger partial charge in [-0.25, -0.2) is 4.79 Å². The molecule has 100 valence electrons. The molecule has 0 aromatic heterocycles. The van der Waals surface area contributed by atoms with E-state index < -0.39 is 29.2 Å². The highest BCUT2D eigenvalue weighted by Crippen LogP contribution is 2.29. The summed E-state index contributed by atoms with van der Waals surface area (Å²) >= 11 is 3.86. The lowest BCUT2D eigenvalue weighted by Gasteiger charge is -2.35. The summed E-state index contributed by atoms with van der Waals surface area (Å²) in [5, 5.41) is 2.55. The van der Waals surface area contributed by atoms with E-state index in [0.29, 0.717) is 10.6 Å². The molecule has 0 radical (unpaired) electrons. The molecule has 0 spiro atoms. The number of urea groups is 1. The molecule has 2 aliphatic rings. The van der Waals surface area contributed by atoms with Crippen LogP contribution in [0.2, 0.25) is 0 Å². The zero-order valence-corrected chi connectivity index (χ0v) is 10.9. The van der Waals surface area contributed by atoms with Crippen LogP contribution in [0, 0.1) is 5.92 Å². The topological polar surface area (TPSA) is 108 Å². The van der Waals surface area contributed by atoms with E-state index in [-0.39, 0.29) is 25.6 Å². The summed E-state index contributed by atoms with van der Waals surface area (Å²) in [5.74, 6) is -1.22. The minimum atomic E-state index is -1.68. The molecule has 0 saturated carbocycles. The van der Waals surface area contributed by atoms with Crippen LogP contribution < -0.4 is 11.1 Å². The normalized spacial score (nSPS) is 27.9. The third-order valence-corrected chi connectivity index (χ3v) is 4.35. The van der Waals surface area contributed by atoms with Crippen molar-refractivity contribution in [3.63, 3.8) is 0 Å². The van der Waals surface area contributed by atoms with E-state index in [4.69, 9.17) is 22.1 Å². The van der Waals surface area contributed by atoms with Crippen molar-refractivity contribution in [1.82, 2.24) is 9.62 Å². The van der Waals surface area contributed by atoms with Gasteiger partial charge in [0, 0.05) is 5.88 Å². The van der Waals surface area contributed by atoms with Crippen LogP contribution in [-0.2, 0) is 20.9 Å². The highest BCUT2D eigenvalue weighted by atomic mass is 35.5. The van der Waals surface area contributed by atoms with E-state index in [2.05, 4.69) is 5.32 Å². The monoisotopic (exact) mass is 293 g/mol. The molecule has 3 amide bonds. The standard InChI is InChI=1S/C9H12ClN3O4S/c10-1-2-13-9(15)12-7-5(8(11)14)3-17-4-6(7)18(13)16/h5H,1-4H2,(H2,11,14)(H,12,15)/t5-,18?/m0/s1. The zero-order chi connectivity index (χ0) is 13.3. The summed E-state index contributed by atoms with van der Waals surface area (Å²) in [6.45, 7) is 0.337. The highest BCUT2D eigenvalue weighted by molar-refractivity contribution is 7.93.